The Morgan fingerprint density at radius 2 is 1.97 bits per heavy atom. The zero-order valence-corrected chi connectivity index (χ0v) is 19.1. The van der Waals surface area contributed by atoms with Crippen LogP contribution in [-0.4, -0.2) is 29.0 Å². The van der Waals surface area contributed by atoms with E-state index in [9.17, 15) is 0 Å². The van der Waals surface area contributed by atoms with E-state index in [0.29, 0.717) is 11.3 Å². The molecule has 1 aromatic carbocycles. The van der Waals surface area contributed by atoms with Gasteiger partial charge < -0.3 is 10.6 Å². The topological polar surface area (TPSA) is 29.3 Å². The molecule has 4 saturated carbocycles. The highest BCUT2D eigenvalue weighted by atomic mass is 32.1. The molecule has 2 N–H and O–H groups in total. The van der Waals surface area contributed by atoms with Gasteiger partial charge in [0.2, 0.25) is 0 Å². The molecule has 6 rings (SSSR count). The van der Waals surface area contributed by atoms with Crippen molar-refractivity contribution >= 4 is 17.2 Å². The Morgan fingerprint density at radius 3 is 2.66 bits per heavy atom. The van der Waals surface area contributed by atoms with Crippen LogP contribution in [0, 0.1) is 22.7 Å². The Labute approximate surface area is 181 Å². The molecule has 0 amide bonds. The van der Waals surface area contributed by atoms with Crippen LogP contribution in [0.1, 0.15) is 64.9 Å². The second-order valence-electron chi connectivity index (χ2n) is 11.1. The van der Waals surface area contributed by atoms with Crippen molar-refractivity contribution in [3.63, 3.8) is 0 Å². The number of benzene rings is 1. The van der Waals surface area contributed by atoms with Crippen molar-refractivity contribution in [2.24, 2.45) is 28.4 Å². The van der Waals surface area contributed by atoms with Gasteiger partial charge in [-0.05, 0) is 66.8 Å². The third-order valence-electron chi connectivity index (χ3n) is 8.89. The molecule has 5 atom stereocenters. The van der Waals surface area contributed by atoms with Crippen molar-refractivity contribution in [3.05, 3.63) is 47.5 Å². The first kappa shape index (κ1) is 19.8. The van der Waals surface area contributed by atoms with Gasteiger partial charge in [-0.2, -0.15) is 0 Å². The maximum atomic E-state index is 6.44. The third kappa shape index (κ3) is 2.80. The lowest BCUT2D eigenvalue weighted by atomic mass is 9.63. The molecular weight excluding hydrogens is 372 g/mol. The highest BCUT2D eigenvalue weighted by Gasteiger charge is 2.68. The van der Waals surface area contributed by atoms with Crippen molar-refractivity contribution in [3.8, 4) is 0 Å². The summed E-state index contributed by atoms with van der Waals surface area (Å²) >= 11 is 6.37. The van der Waals surface area contributed by atoms with Gasteiger partial charge in [-0.25, -0.2) is 0 Å². The summed E-state index contributed by atoms with van der Waals surface area (Å²) in [6, 6.07) is 11.6. The maximum Gasteiger partial charge on any atom is 0.0848 e. The number of nitrogens with two attached hydrogens (primary N) is 1. The monoisotopic (exact) mass is 408 g/mol. The zero-order chi connectivity index (χ0) is 20.4. The quantitative estimate of drug-likeness (QED) is 0.531. The Morgan fingerprint density at radius 1 is 1.21 bits per heavy atom. The third-order valence-corrected chi connectivity index (χ3v) is 9.55. The normalized spacial score (nSPS) is 41.3. The predicted molar refractivity (Wildman–Crippen MR) is 125 cm³/mol. The van der Waals surface area contributed by atoms with Crippen LogP contribution >= 0.6 is 12.2 Å². The minimum absolute atomic E-state index is 0.133. The van der Waals surface area contributed by atoms with Gasteiger partial charge in [-0.15, -0.1) is 0 Å². The average Bonchev–Trinajstić information content (AvgIpc) is 3.08. The van der Waals surface area contributed by atoms with Gasteiger partial charge in [-0.1, -0.05) is 75.0 Å². The maximum absolute atomic E-state index is 6.44. The van der Waals surface area contributed by atoms with Crippen LogP contribution in [0.15, 0.2) is 42.0 Å². The fourth-order valence-corrected chi connectivity index (χ4v) is 8.00. The highest BCUT2D eigenvalue weighted by Crippen LogP contribution is 2.73. The minimum atomic E-state index is 0.133. The Balaban J connectivity index is 1.52. The SMILES string of the molecule is CC/C=C1/C2CC3(c4ccccc4)CC1C(C(=S)N1CC[C@H](N)C(C)(C)C1)(C2)C3. The van der Waals surface area contributed by atoms with E-state index in [1.165, 1.54) is 30.7 Å². The van der Waals surface area contributed by atoms with Crippen LogP contribution in [-0.2, 0) is 5.41 Å². The molecule has 29 heavy (non-hydrogen) atoms. The first-order chi connectivity index (χ1) is 13.8. The molecule has 2 nitrogen and oxygen atoms in total. The number of likely N-dealkylation sites (tertiary alicyclic amines) is 1. The van der Waals surface area contributed by atoms with Crippen LogP contribution in [0.2, 0.25) is 0 Å². The van der Waals surface area contributed by atoms with Gasteiger partial charge in [-0.3, -0.25) is 0 Å². The van der Waals surface area contributed by atoms with E-state index in [0.717, 1.165) is 31.8 Å². The summed E-state index contributed by atoms with van der Waals surface area (Å²) in [6.07, 6.45) is 9.88. The highest BCUT2D eigenvalue weighted by molar-refractivity contribution is 7.80. The van der Waals surface area contributed by atoms with Crippen LogP contribution in [0.4, 0.5) is 0 Å². The summed E-state index contributed by atoms with van der Waals surface area (Å²) in [5, 5.41) is 0. The first-order valence-corrected chi connectivity index (χ1v) is 12.0. The molecule has 5 aliphatic rings. The Kier molecular flexibility index (Phi) is 4.53. The standard InChI is InChI=1S/C26H36N2S/c1-4-8-20-18-13-25(19-9-6-5-7-10-19)15-21(20)26(14-18,16-25)23(29)28-12-11-22(27)24(2,3)17-28/h5-10,18,21-22H,4,11-17,27H2,1-3H3/b20-8-/t18?,21?,22-,25?,26?/m0/s1. The molecule has 156 valence electrons. The average molecular weight is 409 g/mol. The largest absolute Gasteiger partial charge is 0.365 e. The van der Waals surface area contributed by atoms with Gasteiger partial charge >= 0.3 is 0 Å². The van der Waals surface area contributed by atoms with E-state index >= 15 is 0 Å². The number of thiocarbonyl (C=S) groups is 1. The van der Waals surface area contributed by atoms with Crippen molar-refractivity contribution in [1.82, 2.24) is 4.90 Å². The van der Waals surface area contributed by atoms with E-state index < -0.39 is 0 Å². The van der Waals surface area contributed by atoms with Crippen LogP contribution in [0.3, 0.4) is 0 Å². The summed E-state index contributed by atoms with van der Waals surface area (Å²) in [5.74, 6) is 1.37. The summed E-state index contributed by atoms with van der Waals surface area (Å²) in [5.41, 5.74) is 10.4. The summed E-state index contributed by atoms with van der Waals surface area (Å²) in [7, 11) is 0. The molecule has 3 heteroatoms. The van der Waals surface area contributed by atoms with Crippen molar-refractivity contribution in [1.29, 1.82) is 0 Å². The van der Waals surface area contributed by atoms with Crippen molar-refractivity contribution in [2.75, 3.05) is 13.1 Å². The van der Waals surface area contributed by atoms with E-state index in [2.05, 4.69) is 62.1 Å². The number of piperidine rings is 1. The van der Waals surface area contributed by atoms with E-state index in [4.69, 9.17) is 18.0 Å². The van der Waals surface area contributed by atoms with Crippen molar-refractivity contribution in [2.45, 2.75) is 70.8 Å². The Bertz CT molecular complexity index is 844. The molecular formula is C26H36N2S. The molecule has 0 spiro atoms. The number of allylic oxidation sites excluding steroid dienone is 2. The fraction of sp³-hybridized carbons (Fsp3) is 0.654. The first-order valence-electron chi connectivity index (χ1n) is 11.6. The lowest BCUT2D eigenvalue weighted by Crippen LogP contribution is -2.56. The molecule has 1 aliphatic heterocycles. The van der Waals surface area contributed by atoms with Crippen LogP contribution < -0.4 is 5.73 Å². The zero-order valence-electron chi connectivity index (χ0n) is 18.3. The fourth-order valence-electron chi connectivity index (χ4n) is 7.54. The molecule has 4 aliphatic carbocycles. The lowest BCUT2D eigenvalue weighted by molar-refractivity contribution is 0.133. The van der Waals surface area contributed by atoms with E-state index in [1.807, 2.05) is 0 Å². The lowest BCUT2D eigenvalue weighted by Gasteiger charge is -2.48. The van der Waals surface area contributed by atoms with Gasteiger partial charge in [0.15, 0.2) is 0 Å². The molecule has 0 radical (unpaired) electrons. The number of rotatable bonds is 3. The predicted octanol–water partition coefficient (Wildman–Crippen LogP) is 5.47. The van der Waals surface area contributed by atoms with Crippen LogP contribution in [0.5, 0.6) is 0 Å². The van der Waals surface area contributed by atoms with Gasteiger partial charge in [0, 0.05) is 24.5 Å². The molecule has 4 bridgehead atoms. The summed E-state index contributed by atoms with van der Waals surface area (Å²) in [4.78, 5) is 3.83. The number of hydrogen-bond donors (Lipinski definition) is 1. The van der Waals surface area contributed by atoms with E-state index in [-0.39, 0.29) is 16.9 Å². The van der Waals surface area contributed by atoms with Gasteiger partial charge in [0.1, 0.15) is 0 Å². The van der Waals surface area contributed by atoms with E-state index in [1.54, 1.807) is 11.1 Å². The van der Waals surface area contributed by atoms with Gasteiger partial charge in [0.05, 0.1) is 4.99 Å². The smallest absolute Gasteiger partial charge is 0.0848 e. The summed E-state index contributed by atoms with van der Waals surface area (Å²) < 4.78 is 0. The summed E-state index contributed by atoms with van der Waals surface area (Å²) in [6.45, 7) is 8.97. The molecule has 4 unspecified atom stereocenters. The molecule has 1 heterocycles. The second kappa shape index (κ2) is 6.65. The minimum Gasteiger partial charge on any atom is -0.365 e. The number of nitrogens with zero attached hydrogens (tertiary/aromatic N) is 1. The van der Waals surface area contributed by atoms with Gasteiger partial charge in [0.25, 0.3) is 0 Å². The molecule has 1 saturated heterocycles. The van der Waals surface area contributed by atoms with Crippen molar-refractivity contribution < 1.29 is 0 Å². The molecule has 1 aromatic rings. The molecule has 5 fully saturated rings. The number of hydrogen-bond acceptors (Lipinski definition) is 2. The Hall–Kier alpha value is -1.19. The van der Waals surface area contributed by atoms with Crippen LogP contribution in [0.25, 0.3) is 0 Å². The molecule has 0 aromatic heterocycles. The second-order valence-corrected chi connectivity index (χ2v) is 11.5.